The molecular weight excluding hydrogens is 346 g/mol. The minimum absolute atomic E-state index is 0.220. The quantitative estimate of drug-likeness (QED) is 0.817. The molecule has 2 aromatic rings. The highest BCUT2D eigenvalue weighted by Crippen LogP contribution is 2.23. The number of likely N-dealkylation sites (tertiary alicyclic amines) is 1. The summed E-state index contributed by atoms with van der Waals surface area (Å²) >= 11 is 3.45. The van der Waals surface area contributed by atoms with Crippen LogP contribution < -0.4 is 0 Å². The lowest BCUT2D eigenvalue weighted by atomic mass is 9.95. The van der Waals surface area contributed by atoms with Crippen LogP contribution in [0.25, 0.3) is 5.65 Å². The van der Waals surface area contributed by atoms with Gasteiger partial charge in [-0.05, 0) is 45.2 Å². The van der Waals surface area contributed by atoms with E-state index in [1.165, 1.54) is 0 Å². The molecule has 0 aromatic carbocycles. The first-order chi connectivity index (χ1) is 10.3. The summed E-state index contributed by atoms with van der Waals surface area (Å²) in [5.41, 5.74) is 1.57. The largest absolute Gasteiger partial charge is 0.444 e. The summed E-state index contributed by atoms with van der Waals surface area (Å²) in [5.74, 6) is 0.459. The van der Waals surface area contributed by atoms with Crippen molar-refractivity contribution in [3.63, 3.8) is 0 Å². The Morgan fingerprint density at radius 1 is 1.45 bits per heavy atom. The molecule has 0 radical (unpaired) electrons. The predicted molar refractivity (Wildman–Crippen MR) is 87.9 cm³/mol. The summed E-state index contributed by atoms with van der Waals surface area (Å²) in [5, 5.41) is 0. The lowest BCUT2D eigenvalue weighted by molar-refractivity contribution is -0.000990. The van der Waals surface area contributed by atoms with Gasteiger partial charge in [0.2, 0.25) is 0 Å². The van der Waals surface area contributed by atoms with Crippen LogP contribution >= 0.6 is 15.9 Å². The highest BCUT2D eigenvalue weighted by molar-refractivity contribution is 9.10. The third-order valence-electron chi connectivity index (χ3n) is 3.58. The molecule has 118 valence electrons. The fourth-order valence-electron chi connectivity index (χ4n) is 2.58. The number of imidazole rings is 1. The molecule has 22 heavy (non-hydrogen) atoms. The van der Waals surface area contributed by atoms with E-state index < -0.39 is 5.60 Å². The number of hydrogen-bond donors (Lipinski definition) is 0. The second kappa shape index (κ2) is 5.57. The zero-order chi connectivity index (χ0) is 15.9. The number of amides is 1. The Bertz CT molecular complexity index is 699. The van der Waals surface area contributed by atoms with E-state index in [0.717, 1.165) is 35.3 Å². The fourth-order valence-corrected chi connectivity index (χ4v) is 2.90. The Morgan fingerprint density at radius 2 is 2.18 bits per heavy atom. The number of hydrogen-bond acceptors (Lipinski definition) is 3. The van der Waals surface area contributed by atoms with Crippen molar-refractivity contribution in [2.24, 2.45) is 5.92 Å². The van der Waals surface area contributed by atoms with Gasteiger partial charge in [-0.25, -0.2) is 9.78 Å². The lowest BCUT2D eigenvalue weighted by Crippen LogP contribution is -2.52. The van der Waals surface area contributed by atoms with Crippen LogP contribution in [0.5, 0.6) is 0 Å². The van der Waals surface area contributed by atoms with Gasteiger partial charge in [-0.3, -0.25) is 0 Å². The zero-order valence-corrected chi connectivity index (χ0v) is 14.6. The SMILES string of the molecule is CC(C)(C)OC(=O)N1CC(Cc2cn3ccc(Br)cc3n2)C1. The summed E-state index contributed by atoms with van der Waals surface area (Å²) in [6.45, 7) is 7.14. The molecule has 1 fully saturated rings. The average Bonchev–Trinajstić information content (AvgIpc) is 2.72. The van der Waals surface area contributed by atoms with Crippen molar-refractivity contribution in [1.82, 2.24) is 14.3 Å². The van der Waals surface area contributed by atoms with Gasteiger partial charge < -0.3 is 14.0 Å². The summed E-state index contributed by atoms with van der Waals surface area (Å²) in [6.07, 6.45) is 4.71. The highest BCUT2D eigenvalue weighted by Gasteiger charge is 2.33. The summed E-state index contributed by atoms with van der Waals surface area (Å²) < 4.78 is 8.41. The van der Waals surface area contributed by atoms with E-state index in [1.54, 1.807) is 4.90 Å². The van der Waals surface area contributed by atoms with Crippen molar-refractivity contribution in [2.75, 3.05) is 13.1 Å². The third kappa shape index (κ3) is 3.43. The Hall–Kier alpha value is -1.56. The molecule has 1 aliphatic rings. The number of aromatic nitrogens is 2. The van der Waals surface area contributed by atoms with Crippen molar-refractivity contribution in [1.29, 1.82) is 0 Å². The first-order valence-corrected chi connectivity index (χ1v) is 8.20. The van der Waals surface area contributed by atoms with E-state index in [1.807, 2.05) is 43.5 Å². The van der Waals surface area contributed by atoms with Gasteiger partial charge in [0.25, 0.3) is 0 Å². The van der Waals surface area contributed by atoms with E-state index in [9.17, 15) is 4.79 Å². The second-order valence-electron chi connectivity index (χ2n) is 6.80. The van der Waals surface area contributed by atoms with Crippen LogP contribution in [-0.2, 0) is 11.2 Å². The molecule has 5 nitrogen and oxygen atoms in total. The molecule has 1 saturated heterocycles. The number of fused-ring (bicyclic) bond motifs is 1. The molecule has 0 atom stereocenters. The zero-order valence-electron chi connectivity index (χ0n) is 13.0. The topological polar surface area (TPSA) is 46.8 Å². The number of rotatable bonds is 2. The van der Waals surface area contributed by atoms with E-state index >= 15 is 0 Å². The monoisotopic (exact) mass is 365 g/mol. The number of ether oxygens (including phenoxy) is 1. The van der Waals surface area contributed by atoms with Gasteiger partial charge in [0.1, 0.15) is 11.2 Å². The minimum Gasteiger partial charge on any atom is -0.444 e. The Kier molecular flexibility index (Phi) is 3.89. The van der Waals surface area contributed by atoms with E-state index in [0.29, 0.717) is 5.92 Å². The van der Waals surface area contributed by atoms with Crippen molar-refractivity contribution < 1.29 is 9.53 Å². The van der Waals surface area contributed by atoms with Crippen LogP contribution in [-0.4, -0.2) is 39.1 Å². The average molecular weight is 366 g/mol. The standard InChI is InChI=1S/C16H20BrN3O2/c1-16(2,3)22-15(21)20-8-11(9-20)6-13-10-19-5-4-12(17)7-14(19)18-13/h4-5,7,10-11H,6,8-9H2,1-3H3. The van der Waals surface area contributed by atoms with Crippen molar-refractivity contribution >= 4 is 27.7 Å². The van der Waals surface area contributed by atoms with Crippen molar-refractivity contribution in [3.8, 4) is 0 Å². The van der Waals surface area contributed by atoms with Gasteiger partial charge in [-0.2, -0.15) is 0 Å². The number of halogens is 1. The van der Waals surface area contributed by atoms with Gasteiger partial charge in [0.15, 0.2) is 0 Å². The van der Waals surface area contributed by atoms with Crippen LogP contribution in [0, 0.1) is 5.92 Å². The molecule has 1 aliphatic heterocycles. The molecule has 2 aromatic heterocycles. The normalized spacial score (nSPS) is 15.9. The van der Waals surface area contributed by atoms with E-state index in [-0.39, 0.29) is 6.09 Å². The Labute approximate surface area is 138 Å². The van der Waals surface area contributed by atoms with Crippen molar-refractivity contribution in [3.05, 3.63) is 34.7 Å². The molecular formula is C16H20BrN3O2. The van der Waals surface area contributed by atoms with Gasteiger partial charge >= 0.3 is 6.09 Å². The first-order valence-electron chi connectivity index (χ1n) is 7.41. The Morgan fingerprint density at radius 3 is 2.86 bits per heavy atom. The molecule has 0 bridgehead atoms. The van der Waals surface area contributed by atoms with Crippen molar-refractivity contribution in [2.45, 2.75) is 32.8 Å². The molecule has 0 saturated carbocycles. The summed E-state index contributed by atoms with van der Waals surface area (Å²) in [4.78, 5) is 18.3. The second-order valence-corrected chi connectivity index (χ2v) is 7.71. The first kappa shape index (κ1) is 15.3. The molecule has 0 aliphatic carbocycles. The Balaban J connectivity index is 1.56. The number of carbonyl (C=O) groups excluding carboxylic acids is 1. The maximum Gasteiger partial charge on any atom is 0.410 e. The predicted octanol–water partition coefficient (Wildman–Crippen LogP) is 3.51. The number of nitrogens with zero attached hydrogens (tertiary/aromatic N) is 3. The summed E-state index contributed by atoms with van der Waals surface area (Å²) in [7, 11) is 0. The van der Waals surface area contributed by atoms with E-state index in [4.69, 9.17) is 4.74 Å². The molecule has 3 heterocycles. The molecule has 1 amide bonds. The van der Waals surface area contributed by atoms with Gasteiger partial charge in [0, 0.05) is 30.0 Å². The fraction of sp³-hybridized carbons (Fsp3) is 0.500. The maximum absolute atomic E-state index is 11.9. The van der Waals surface area contributed by atoms with Crippen LogP contribution in [0.4, 0.5) is 4.79 Å². The van der Waals surface area contributed by atoms with Gasteiger partial charge in [0.05, 0.1) is 5.69 Å². The lowest BCUT2D eigenvalue weighted by Gasteiger charge is -2.39. The van der Waals surface area contributed by atoms with Gasteiger partial charge in [-0.1, -0.05) is 15.9 Å². The molecule has 3 rings (SSSR count). The molecule has 0 N–H and O–H groups in total. The molecule has 6 heteroatoms. The molecule has 0 spiro atoms. The van der Waals surface area contributed by atoms with E-state index in [2.05, 4.69) is 27.1 Å². The number of carbonyl (C=O) groups is 1. The third-order valence-corrected chi connectivity index (χ3v) is 4.07. The smallest absolute Gasteiger partial charge is 0.410 e. The molecule has 0 unspecified atom stereocenters. The minimum atomic E-state index is -0.433. The maximum atomic E-state index is 11.9. The number of pyridine rings is 1. The van der Waals surface area contributed by atoms with Crippen LogP contribution in [0.1, 0.15) is 26.5 Å². The summed E-state index contributed by atoms with van der Waals surface area (Å²) in [6, 6.07) is 3.99. The van der Waals surface area contributed by atoms with Crippen LogP contribution in [0.15, 0.2) is 29.0 Å². The van der Waals surface area contributed by atoms with Crippen LogP contribution in [0.2, 0.25) is 0 Å². The van der Waals surface area contributed by atoms with Crippen LogP contribution in [0.3, 0.4) is 0 Å². The highest BCUT2D eigenvalue weighted by atomic mass is 79.9. The van der Waals surface area contributed by atoms with Gasteiger partial charge in [-0.15, -0.1) is 0 Å².